The molecule has 4 N–H and O–H groups in total. The van der Waals surface area contributed by atoms with Crippen LogP contribution < -0.4 is 21.4 Å². The highest BCUT2D eigenvalue weighted by Crippen LogP contribution is 2.31. The average molecular weight is 1080 g/mol. The van der Waals surface area contributed by atoms with E-state index < -0.39 is 60.4 Å². The van der Waals surface area contributed by atoms with E-state index in [1.165, 1.54) is 7.11 Å². The fourth-order valence-electron chi connectivity index (χ4n) is 9.60. The van der Waals surface area contributed by atoms with Gasteiger partial charge in [-0.15, -0.1) is 0 Å². The Morgan fingerprint density at radius 2 is 1.45 bits per heavy atom. The summed E-state index contributed by atoms with van der Waals surface area (Å²) in [7, 11) is 8.48. The summed E-state index contributed by atoms with van der Waals surface area (Å²) in [5, 5.41) is 13.0. The van der Waals surface area contributed by atoms with Crippen molar-refractivity contribution in [3.63, 3.8) is 0 Å². The van der Waals surface area contributed by atoms with Crippen molar-refractivity contribution in [2.75, 3.05) is 53.8 Å². The standard InChI is InChI=1S/C54H83BrN8O10/c1-15-34(6)48(62(12)53(69)46(32(2)3)58-52(68)47(33(4)5)61(10)11)42(71-13)30-45(66)63-29-19-22-41(63)49(72-14)35(7)51(67)57-37(9)50(39-20-17-16-18-21-39)73-54(70)40-25-23-38(24-26-40)36(8)59-60-43(64)27-28-56-44(65)31-55/h16-18,20-21,23-26,32-35,37,41-42,46-50H,15,19,22,27-31H2,1-14H3,(H,56,65)(H,57,67)(H,58,68)(H,60,64)/b59-36+/t34?,35?,37?,41?,42?,46-,47?,48?,49?,50?/m0/s1. The Kier molecular flexibility index (Phi) is 25.7. The number of esters is 1. The van der Waals surface area contributed by atoms with Crippen LogP contribution in [0, 0.1) is 23.7 Å². The van der Waals surface area contributed by atoms with Gasteiger partial charge in [0.25, 0.3) is 0 Å². The normalized spacial score (nSPS) is 17.6. The molecule has 1 heterocycles. The Morgan fingerprint density at radius 3 is 2.00 bits per heavy atom. The number of alkyl halides is 1. The second-order valence-electron chi connectivity index (χ2n) is 20.0. The minimum absolute atomic E-state index is 0.0169. The Balaban J connectivity index is 1.76. The van der Waals surface area contributed by atoms with E-state index in [0.29, 0.717) is 42.6 Å². The SMILES string of the molecule is CCC(C)C(C(CC(=O)N1CCCC1C(OC)C(C)C(=O)NC(C)C(OC(=O)c1ccc(/C(C)=N/NC(=O)CCNC(=O)CBr)cc1)c1ccccc1)OC)N(C)C(=O)[C@@H](NC(=O)C(C(C)C)N(C)C)C(C)C. The molecule has 0 bridgehead atoms. The number of benzene rings is 2. The zero-order valence-corrected chi connectivity index (χ0v) is 47.1. The summed E-state index contributed by atoms with van der Waals surface area (Å²) < 4.78 is 18.3. The minimum Gasteiger partial charge on any atom is -0.452 e. The first-order valence-corrected chi connectivity index (χ1v) is 26.6. The topological polar surface area (TPSA) is 217 Å². The highest BCUT2D eigenvalue weighted by molar-refractivity contribution is 9.09. The van der Waals surface area contributed by atoms with E-state index in [9.17, 15) is 33.6 Å². The Labute approximate surface area is 441 Å². The molecule has 10 atom stereocenters. The van der Waals surface area contributed by atoms with Gasteiger partial charge in [-0.1, -0.05) is 113 Å². The van der Waals surface area contributed by atoms with Crippen LogP contribution in [0.1, 0.15) is 122 Å². The molecule has 3 rings (SSSR count). The number of nitrogens with zero attached hydrogens (tertiary/aromatic N) is 4. The van der Waals surface area contributed by atoms with E-state index in [4.69, 9.17) is 14.2 Å². The number of likely N-dealkylation sites (N-methyl/N-ethyl adjacent to an activating group) is 2. The molecule has 0 aromatic heterocycles. The van der Waals surface area contributed by atoms with Gasteiger partial charge in [0.15, 0.2) is 0 Å². The molecule has 73 heavy (non-hydrogen) atoms. The largest absolute Gasteiger partial charge is 0.452 e. The van der Waals surface area contributed by atoms with E-state index in [-0.39, 0.29) is 83.5 Å². The van der Waals surface area contributed by atoms with Crippen LogP contribution >= 0.6 is 15.9 Å². The number of hydrogen-bond acceptors (Lipinski definition) is 12. The Morgan fingerprint density at radius 1 is 0.822 bits per heavy atom. The predicted molar refractivity (Wildman–Crippen MR) is 286 cm³/mol. The molecule has 1 saturated heterocycles. The first kappa shape index (κ1) is 62.1. The van der Waals surface area contributed by atoms with E-state index in [2.05, 4.69) is 42.4 Å². The molecular formula is C54H83BrN8O10. The first-order valence-electron chi connectivity index (χ1n) is 25.4. The highest BCUT2D eigenvalue weighted by atomic mass is 79.9. The lowest BCUT2D eigenvalue weighted by molar-refractivity contribution is -0.148. The summed E-state index contributed by atoms with van der Waals surface area (Å²) in [6.45, 7) is 17.7. The van der Waals surface area contributed by atoms with Gasteiger partial charge in [-0.05, 0) is 81.8 Å². The number of halogens is 1. The molecule has 19 heteroatoms. The lowest BCUT2D eigenvalue weighted by Gasteiger charge is -2.41. The molecule has 0 spiro atoms. The third-order valence-electron chi connectivity index (χ3n) is 13.8. The van der Waals surface area contributed by atoms with Crippen LogP contribution in [0.2, 0.25) is 0 Å². The van der Waals surface area contributed by atoms with E-state index in [1.54, 1.807) is 69.0 Å². The number of methoxy groups -OCH3 is 2. The van der Waals surface area contributed by atoms with Crippen LogP contribution in [0.15, 0.2) is 59.7 Å². The van der Waals surface area contributed by atoms with Crippen molar-refractivity contribution in [3.05, 3.63) is 71.3 Å². The highest BCUT2D eigenvalue weighted by Gasteiger charge is 2.43. The number of hydrazone groups is 1. The third-order valence-corrected chi connectivity index (χ3v) is 14.3. The summed E-state index contributed by atoms with van der Waals surface area (Å²) in [6.07, 6.45) is -0.231. The van der Waals surface area contributed by atoms with E-state index in [0.717, 1.165) is 0 Å². The van der Waals surface area contributed by atoms with Crippen molar-refractivity contribution in [1.29, 1.82) is 0 Å². The lowest BCUT2D eigenvalue weighted by atomic mass is 9.89. The number of rotatable bonds is 28. The number of likely N-dealkylation sites (tertiary alicyclic amines) is 1. The first-order chi connectivity index (χ1) is 34.5. The van der Waals surface area contributed by atoms with Crippen molar-refractivity contribution >= 4 is 63.1 Å². The Hall–Kier alpha value is -5.24. The molecule has 406 valence electrons. The number of nitrogens with one attached hydrogen (secondary N) is 4. The maximum atomic E-state index is 14.5. The van der Waals surface area contributed by atoms with Crippen LogP contribution in [0.25, 0.3) is 0 Å². The summed E-state index contributed by atoms with van der Waals surface area (Å²) in [5.74, 6) is -3.24. The maximum absolute atomic E-state index is 14.5. The predicted octanol–water partition coefficient (Wildman–Crippen LogP) is 5.48. The lowest BCUT2D eigenvalue weighted by Crippen LogP contribution is -2.59. The molecule has 18 nitrogen and oxygen atoms in total. The van der Waals surface area contributed by atoms with Gasteiger partial charge in [0.05, 0.1) is 65.3 Å². The molecular weight excluding hydrogens is 1000 g/mol. The molecule has 1 fully saturated rings. The fraction of sp³-hybridized carbons (Fsp3) is 0.630. The number of ether oxygens (including phenoxy) is 3. The van der Waals surface area contributed by atoms with Crippen molar-refractivity contribution < 1.29 is 47.8 Å². The molecule has 2 aromatic carbocycles. The minimum atomic E-state index is -0.885. The van der Waals surface area contributed by atoms with Crippen molar-refractivity contribution in [2.45, 2.75) is 143 Å². The summed E-state index contributed by atoms with van der Waals surface area (Å²) in [6, 6.07) is 12.8. The van der Waals surface area contributed by atoms with Crippen molar-refractivity contribution in [3.8, 4) is 0 Å². The molecule has 2 aromatic rings. The van der Waals surface area contributed by atoms with Crippen LogP contribution in [0.3, 0.4) is 0 Å². The molecule has 6 amide bonds. The van der Waals surface area contributed by atoms with Crippen molar-refractivity contribution in [2.24, 2.45) is 28.8 Å². The van der Waals surface area contributed by atoms with Gasteiger partial charge < -0.3 is 40.0 Å². The molecule has 0 radical (unpaired) electrons. The second kappa shape index (κ2) is 30.2. The number of amides is 6. The van der Waals surface area contributed by atoms with E-state index in [1.807, 2.05) is 90.9 Å². The average Bonchev–Trinajstić information content (AvgIpc) is 3.85. The van der Waals surface area contributed by atoms with Crippen LogP contribution in [0.4, 0.5) is 0 Å². The molecule has 1 aliphatic heterocycles. The smallest absolute Gasteiger partial charge is 0.338 e. The van der Waals surface area contributed by atoms with Gasteiger partial charge in [-0.25, -0.2) is 10.2 Å². The van der Waals surface area contributed by atoms with Gasteiger partial charge in [-0.3, -0.25) is 33.7 Å². The van der Waals surface area contributed by atoms with Gasteiger partial charge >= 0.3 is 5.97 Å². The zero-order valence-electron chi connectivity index (χ0n) is 45.5. The van der Waals surface area contributed by atoms with E-state index >= 15 is 0 Å². The van der Waals surface area contributed by atoms with Crippen LogP contribution in [0.5, 0.6) is 0 Å². The maximum Gasteiger partial charge on any atom is 0.338 e. The van der Waals surface area contributed by atoms with Gasteiger partial charge in [-0.2, -0.15) is 5.10 Å². The van der Waals surface area contributed by atoms with Gasteiger partial charge in [0.2, 0.25) is 35.4 Å². The fourth-order valence-corrected chi connectivity index (χ4v) is 9.80. The van der Waals surface area contributed by atoms with Crippen LogP contribution in [-0.4, -0.2) is 158 Å². The van der Waals surface area contributed by atoms with Gasteiger partial charge in [0.1, 0.15) is 12.1 Å². The zero-order chi connectivity index (χ0) is 54.7. The third kappa shape index (κ3) is 17.7. The molecule has 9 unspecified atom stereocenters. The Bertz CT molecular complexity index is 2150. The van der Waals surface area contributed by atoms with Gasteiger partial charge in [0, 0.05) is 40.8 Å². The second-order valence-corrected chi connectivity index (χ2v) is 20.6. The number of carbonyl (C=O) groups excluding carboxylic acids is 7. The number of hydrogen-bond donors (Lipinski definition) is 4. The monoisotopic (exact) mass is 1080 g/mol. The molecule has 0 aliphatic carbocycles. The summed E-state index contributed by atoms with van der Waals surface area (Å²) in [4.78, 5) is 99.3. The van der Waals surface area contributed by atoms with Crippen molar-refractivity contribution in [1.82, 2.24) is 36.1 Å². The summed E-state index contributed by atoms with van der Waals surface area (Å²) >= 11 is 3.06. The molecule has 0 saturated carbocycles. The quantitative estimate of drug-likeness (QED) is 0.0362. The summed E-state index contributed by atoms with van der Waals surface area (Å²) in [5.41, 5.74) is 4.55. The number of carbonyl (C=O) groups is 7. The molecule has 1 aliphatic rings. The van der Waals surface area contributed by atoms with Crippen LogP contribution in [-0.2, 0) is 43.0 Å².